The number of hydrogen-bond acceptors (Lipinski definition) is 2. The molecule has 18 heavy (non-hydrogen) atoms. The maximum Gasteiger partial charge on any atom is 0.296 e. The summed E-state index contributed by atoms with van der Waals surface area (Å²) in [5.41, 5.74) is 1.44. The van der Waals surface area contributed by atoms with Crippen LogP contribution in [0.25, 0.3) is 6.08 Å². The van der Waals surface area contributed by atoms with Crippen molar-refractivity contribution >= 4 is 6.08 Å². The van der Waals surface area contributed by atoms with E-state index >= 15 is 0 Å². The van der Waals surface area contributed by atoms with Crippen molar-refractivity contribution in [2.24, 2.45) is 0 Å². The molecule has 0 saturated heterocycles. The molecule has 0 spiro atoms. The Kier molecular flexibility index (Phi) is 5.23. The molecule has 1 rings (SSSR count). The highest BCUT2D eigenvalue weighted by molar-refractivity contribution is 5.47. The second-order valence-electron chi connectivity index (χ2n) is 4.80. The molecule has 0 N–H and O–H groups in total. The maximum atomic E-state index is 12.1. The van der Waals surface area contributed by atoms with Crippen molar-refractivity contribution in [3.8, 4) is 0 Å². The second kappa shape index (κ2) is 6.45. The Labute approximate surface area is 109 Å². The van der Waals surface area contributed by atoms with Gasteiger partial charge in [0.15, 0.2) is 0 Å². The van der Waals surface area contributed by atoms with Crippen molar-refractivity contribution in [1.29, 1.82) is 0 Å². The Balaban J connectivity index is 2.76. The van der Waals surface area contributed by atoms with E-state index in [1.807, 2.05) is 45.0 Å². The first-order valence-corrected chi connectivity index (χ1v) is 6.28. The van der Waals surface area contributed by atoms with Gasteiger partial charge in [-0.15, -0.1) is 0 Å². The molecule has 0 aliphatic carbocycles. The lowest BCUT2D eigenvalue weighted by Gasteiger charge is -2.16. The van der Waals surface area contributed by atoms with Gasteiger partial charge in [-0.05, 0) is 12.0 Å². The standard InChI is InChI=1S/C15H22NO2/c1-5-11-18-12-16(17)15(3,4)14-9-7-13(6-2)8-10-14/h6-10H,2,5,11-12H2,1,3-4H3/q+1. The fraction of sp³-hybridized carbons (Fsp3) is 0.467. The first kappa shape index (κ1) is 14.6. The van der Waals surface area contributed by atoms with Crippen molar-refractivity contribution in [2.45, 2.75) is 32.7 Å². The number of hydrogen-bond donors (Lipinski definition) is 0. The van der Waals surface area contributed by atoms with Crippen LogP contribution >= 0.6 is 0 Å². The molecule has 0 aliphatic heterocycles. The van der Waals surface area contributed by atoms with E-state index in [1.165, 1.54) is 0 Å². The number of rotatable bonds is 7. The Hall–Kier alpha value is -1.48. The summed E-state index contributed by atoms with van der Waals surface area (Å²) in [7, 11) is 0. The van der Waals surface area contributed by atoms with E-state index in [1.54, 1.807) is 6.08 Å². The quantitative estimate of drug-likeness (QED) is 0.418. The average molecular weight is 248 g/mol. The highest BCUT2D eigenvalue weighted by Gasteiger charge is 2.36. The summed E-state index contributed by atoms with van der Waals surface area (Å²) >= 11 is 0. The first-order chi connectivity index (χ1) is 8.52. The number of benzene rings is 1. The Morgan fingerprint density at radius 2 is 1.94 bits per heavy atom. The molecule has 1 aromatic rings. The molecule has 0 unspecified atom stereocenters. The molecule has 0 bridgehead atoms. The van der Waals surface area contributed by atoms with Crippen molar-refractivity contribution in [2.75, 3.05) is 13.3 Å². The first-order valence-electron chi connectivity index (χ1n) is 6.28. The lowest BCUT2D eigenvalue weighted by molar-refractivity contribution is -0.659. The molecule has 98 valence electrons. The molecule has 3 nitrogen and oxygen atoms in total. The van der Waals surface area contributed by atoms with E-state index in [9.17, 15) is 4.91 Å². The molecule has 0 atom stereocenters. The van der Waals surface area contributed by atoms with Crippen LogP contribution in [0.15, 0.2) is 30.8 Å². The fourth-order valence-corrected chi connectivity index (χ4v) is 1.62. The van der Waals surface area contributed by atoms with Gasteiger partial charge in [-0.25, -0.2) is 0 Å². The van der Waals surface area contributed by atoms with E-state index < -0.39 is 5.54 Å². The van der Waals surface area contributed by atoms with Gasteiger partial charge in [-0.3, -0.25) is 0 Å². The molecule has 0 aliphatic rings. The van der Waals surface area contributed by atoms with Crippen LogP contribution in [-0.2, 0) is 10.3 Å². The highest BCUT2D eigenvalue weighted by atomic mass is 16.5. The van der Waals surface area contributed by atoms with Gasteiger partial charge in [0, 0.05) is 29.1 Å². The third-order valence-corrected chi connectivity index (χ3v) is 3.03. The summed E-state index contributed by atoms with van der Waals surface area (Å²) in [6, 6.07) is 7.85. The molecule has 0 aromatic heterocycles. The summed E-state index contributed by atoms with van der Waals surface area (Å²) < 4.78 is 6.27. The minimum Gasteiger partial charge on any atom is -0.320 e. The second-order valence-corrected chi connectivity index (χ2v) is 4.80. The molecule has 0 fully saturated rings. The van der Waals surface area contributed by atoms with Crippen LogP contribution in [0.4, 0.5) is 0 Å². The maximum absolute atomic E-state index is 12.1. The van der Waals surface area contributed by atoms with Crippen LogP contribution in [0.2, 0.25) is 0 Å². The third-order valence-electron chi connectivity index (χ3n) is 3.03. The molecule has 0 amide bonds. The third kappa shape index (κ3) is 3.50. The Morgan fingerprint density at radius 1 is 1.33 bits per heavy atom. The Morgan fingerprint density at radius 3 is 2.44 bits per heavy atom. The predicted molar refractivity (Wildman–Crippen MR) is 74.3 cm³/mol. The molecule has 3 heteroatoms. The zero-order valence-corrected chi connectivity index (χ0v) is 11.5. The van der Waals surface area contributed by atoms with Gasteiger partial charge < -0.3 is 4.74 Å². The van der Waals surface area contributed by atoms with Crippen molar-refractivity contribution in [3.05, 3.63) is 46.9 Å². The van der Waals surface area contributed by atoms with Crippen LogP contribution < -0.4 is 0 Å². The fourth-order valence-electron chi connectivity index (χ4n) is 1.62. The molecule has 0 saturated carbocycles. The van der Waals surface area contributed by atoms with Crippen molar-refractivity contribution in [3.63, 3.8) is 0 Å². The SMILES string of the molecule is C=Cc1ccc(C(C)(C)[N+](=O)COCCC)cc1. The zero-order valence-electron chi connectivity index (χ0n) is 11.5. The van der Waals surface area contributed by atoms with E-state index in [0.717, 1.165) is 22.3 Å². The van der Waals surface area contributed by atoms with E-state index in [0.29, 0.717) is 6.61 Å². The monoisotopic (exact) mass is 248 g/mol. The smallest absolute Gasteiger partial charge is 0.296 e. The van der Waals surface area contributed by atoms with Crippen LogP contribution in [0.5, 0.6) is 0 Å². The van der Waals surface area contributed by atoms with Gasteiger partial charge in [-0.1, -0.05) is 43.8 Å². The molecular weight excluding hydrogens is 226 g/mol. The minimum atomic E-state index is -0.590. The van der Waals surface area contributed by atoms with E-state index in [4.69, 9.17) is 4.74 Å². The van der Waals surface area contributed by atoms with Crippen LogP contribution in [0.1, 0.15) is 38.3 Å². The normalized spacial score (nSPS) is 11.3. The summed E-state index contributed by atoms with van der Waals surface area (Å²) in [5, 5.41) is 0. The molecule has 0 heterocycles. The van der Waals surface area contributed by atoms with Gasteiger partial charge in [0.2, 0.25) is 5.54 Å². The highest BCUT2D eigenvalue weighted by Crippen LogP contribution is 2.24. The van der Waals surface area contributed by atoms with Gasteiger partial charge in [0.1, 0.15) is 0 Å². The van der Waals surface area contributed by atoms with Crippen molar-refractivity contribution < 1.29 is 9.50 Å². The molecular formula is C15H22NO2+. The summed E-state index contributed by atoms with van der Waals surface area (Å²) in [6.07, 6.45) is 2.71. The van der Waals surface area contributed by atoms with Gasteiger partial charge in [-0.2, -0.15) is 0 Å². The van der Waals surface area contributed by atoms with Gasteiger partial charge >= 0.3 is 0 Å². The van der Waals surface area contributed by atoms with E-state index in [-0.39, 0.29) is 6.73 Å². The predicted octanol–water partition coefficient (Wildman–Crippen LogP) is 3.73. The number of ether oxygens (including phenoxy) is 1. The zero-order chi connectivity index (χ0) is 13.6. The summed E-state index contributed by atoms with van der Waals surface area (Å²) in [5.74, 6) is 0. The van der Waals surface area contributed by atoms with Crippen LogP contribution in [0, 0.1) is 4.91 Å². The average Bonchev–Trinajstić information content (AvgIpc) is 2.39. The van der Waals surface area contributed by atoms with Crippen molar-refractivity contribution in [1.82, 2.24) is 0 Å². The van der Waals surface area contributed by atoms with Crippen LogP contribution in [0.3, 0.4) is 0 Å². The number of nitrogens with zero attached hydrogens (tertiary/aromatic N) is 1. The van der Waals surface area contributed by atoms with E-state index in [2.05, 4.69) is 6.58 Å². The lowest BCUT2D eigenvalue weighted by atomic mass is 9.93. The minimum absolute atomic E-state index is 0.101. The van der Waals surface area contributed by atoms with Gasteiger partial charge in [0.25, 0.3) is 6.73 Å². The number of nitroso groups, excluding NO2 is 1. The van der Waals surface area contributed by atoms with Crippen LogP contribution in [-0.4, -0.2) is 18.1 Å². The largest absolute Gasteiger partial charge is 0.320 e. The lowest BCUT2D eigenvalue weighted by Crippen LogP contribution is -2.33. The van der Waals surface area contributed by atoms with Gasteiger partial charge in [0.05, 0.1) is 6.61 Å². The summed E-state index contributed by atoms with van der Waals surface area (Å²) in [6.45, 7) is 10.3. The topological polar surface area (TPSA) is 29.3 Å². The Bertz CT molecular complexity index is 407. The molecule has 0 radical (unpaired) electrons. The molecule has 1 aromatic carbocycles. The summed E-state index contributed by atoms with van der Waals surface area (Å²) in [4.78, 5) is 12.1.